The highest BCUT2D eigenvalue weighted by molar-refractivity contribution is 7.16. The van der Waals surface area contributed by atoms with Crippen molar-refractivity contribution in [2.75, 3.05) is 0 Å². The summed E-state index contributed by atoms with van der Waals surface area (Å²) < 4.78 is 3.96. The van der Waals surface area contributed by atoms with Crippen molar-refractivity contribution in [3.05, 3.63) is 76.8 Å². The highest BCUT2D eigenvalue weighted by atomic mass is 32.1. The molecule has 0 amide bonds. The lowest BCUT2D eigenvalue weighted by Crippen LogP contribution is -2.05. The Kier molecular flexibility index (Phi) is 4.83. The molecule has 3 heterocycles. The van der Waals surface area contributed by atoms with E-state index in [0.717, 1.165) is 33.2 Å². The van der Waals surface area contributed by atoms with E-state index >= 15 is 0 Å². The average molecular weight is 417 g/mol. The zero-order chi connectivity index (χ0) is 20.7. The Labute approximate surface area is 179 Å². The average Bonchev–Trinajstić information content (AvgIpc) is 3.44. The number of aromatic nitrogens is 6. The van der Waals surface area contributed by atoms with Crippen LogP contribution in [0.2, 0.25) is 0 Å². The minimum atomic E-state index is 0.215. The van der Waals surface area contributed by atoms with E-state index in [2.05, 4.69) is 70.9 Å². The fourth-order valence-corrected chi connectivity index (χ4v) is 4.73. The normalized spacial score (nSPS) is 12.9. The van der Waals surface area contributed by atoms with Crippen LogP contribution in [0.1, 0.15) is 48.6 Å². The zero-order valence-electron chi connectivity index (χ0n) is 17.4. The van der Waals surface area contributed by atoms with Crippen LogP contribution in [-0.4, -0.2) is 29.4 Å². The van der Waals surface area contributed by atoms with Gasteiger partial charge in [-0.25, -0.2) is 4.98 Å². The van der Waals surface area contributed by atoms with Crippen LogP contribution in [0.15, 0.2) is 54.9 Å². The third kappa shape index (κ3) is 3.50. The summed E-state index contributed by atoms with van der Waals surface area (Å²) in [5, 5.41) is 14.6. The summed E-state index contributed by atoms with van der Waals surface area (Å²) in [7, 11) is 0. The molecule has 0 bridgehead atoms. The van der Waals surface area contributed by atoms with E-state index in [0.29, 0.717) is 12.5 Å². The first-order chi connectivity index (χ1) is 14.6. The number of hydrogen-bond donors (Lipinski definition) is 0. The van der Waals surface area contributed by atoms with Gasteiger partial charge in [-0.1, -0.05) is 68.5 Å². The molecule has 5 rings (SSSR count). The number of benzene rings is 2. The van der Waals surface area contributed by atoms with Gasteiger partial charge >= 0.3 is 0 Å². The van der Waals surface area contributed by atoms with Crippen molar-refractivity contribution in [3.63, 3.8) is 0 Å². The molecule has 0 aliphatic heterocycles. The molecule has 0 aliphatic carbocycles. The Bertz CT molecular complexity index is 1290. The Hall–Kier alpha value is -3.06. The SMILES string of the molecule is CC(C)Cc1ccc([C@H](C)c2nn3c(Cn4cnc5ccccc54)nnc3s2)cc1. The highest BCUT2D eigenvalue weighted by Gasteiger charge is 2.18. The van der Waals surface area contributed by atoms with E-state index in [1.165, 1.54) is 11.1 Å². The van der Waals surface area contributed by atoms with Gasteiger partial charge in [-0.05, 0) is 35.6 Å². The van der Waals surface area contributed by atoms with Gasteiger partial charge in [-0.2, -0.15) is 9.61 Å². The van der Waals surface area contributed by atoms with Crippen molar-refractivity contribution >= 4 is 27.3 Å². The molecule has 0 aliphatic rings. The highest BCUT2D eigenvalue weighted by Crippen LogP contribution is 2.29. The quantitative estimate of drug-likeness (QED) is 0.394. The largest absolute Gasteiger partial charge is 0.323 e. The molecular formula is C23H24N6S. The van der Waals surface area contributed by atoms with Crippen LogP contribution in [-0.2, 0) is 13.0 Å². The molecule has 0 saturated heterocycles. The maximum Gasteiger partial charge on any atom is 0.234 e. The number of rotatable bonds is 6. The minimum Gasteiger partial charge on any atom is -0.323 e. The van der Waals surface area contributed by atoms with Crippen LogP contribution in [0.4, 0.5) is 0 Å². The summed E-state index contributed by atoms with van der Waals surface area (Å²) in [4.78, 5) is 5.29. The Balaban J connectivity index is 1.41. The second-order valence-corrected chi connectivity index (χ2v) is 9.16. The lowest BCUT2D eigenvalue weighted by molar-refractivity contribution is 0.647. The molecular weight excluding hydrogens is 392 g/mol. The van der Waals surface area contributed by atoms with E-state index in [-0.39, 0.29) is 5.92 Å². The van der Waals surface area contributed by atoms with Crippen molar-refractivity contribution in [2.45, 2.75) is 39.7 Å². The minimum absolute atomic E-state index is 0.215. The van der Waals surface area contributed by atoms with Crippen LogP contribution in [0, 0.1) is 5.92 Å². The topological polar surface area (TPSA) is 60.9 Å². The van der Waals surface area contributed by atoms with Gasteiger partial charge in [0.2, 0.25) is 4.96 Å². The predicted molar refractivity (Wildman–Crippen MR) is 120 cm³/mol. The lowest BCUT2D eigenvalue weighted by atomic mass is 9.97. The first-order valence-corrected chi connectivity index (χ1v) is 11.1. The maximum absolute atomic E-state index is 4.86. The predicted octanol–water partition coefficient (Wildman–Crippen LogP) is 4.93. The van der Waals surface area contributed by atoms with Gasteiger partial charge in [0.25, 0.3) is 0 Å². The van der Waals surface area contributed by atoms with Gasteiger partial charge in [0.15, 0.2) is 5.82 Å². The second-order valence-electron chi connectivity index (χ2n) is 8.17. The van der Waals surface area contributed by atoms with E-state index in [4.69, 9.17) is 5.10 Å². The van der Waals surface area contributed by atoms with Crippen LogP contribution >= 0.6 is 11.3 Å². The van der Waals surface area contributed by atoms with Gasteiger partial charge in [-0.15, -0.1) is 10.2 Å². The summed E-state index contributed by atoms with van der Waals surface area (Å²) in [6.07, 6.45) is 2.96. The van der Waals surface area contributed by atoms with Crippen LogP contribution in [0.25, 0.3) is 16.0 Å². The molecule has 3 aromatic heterocycles. The molecule has 6 nitrogen and oxygen atoms in total. The number of para-hydroxylation sites is 2. The summed E-state index contributed by atoms with van der Waals surface area (Å²) in [5.41, 5.74) is 4.72. The maximum atomic E-state index is 4.86. The van der Waals surface area contributed by atoms with E-state index in [9.17, 15) is 0 Å². The number of fused-ring (bicyclic) bond motifs is 2. The van der Waals surface area contributed by atoms with Crippen LogP contribution in [0.3, 0.4) is 0 Å². The van der Waals surface area contributed by atoms with Gasteiger partial charge in [0, 0.05) is 5.92 Å². The fraction of sp³-hybridized carbons (Fsp3) is 0.304. The third-order valence-electron chi connectivity index (χ3n) is 5.40. The van der Waals surface area contributed by atoms with E-state index in [1.54, 1.807) is 11.3 Å². The molecule has 0 spiro atoms. The molecule has 0 unspecified atom stereocenters. The van der Waals surface area contributed by atoms with Crippen molar-refractivity contribution in [1.29, 1.82) is 0 Å². The molecule has 0 N–H and O–H groups in total. The molecule has 7 heteroatoms. The summed E-state index contributed by atoms with van der Waals surface area (Å²) in [5.74, 6) is 1.69. The zero-order valence-corrected chi connectivity index (χ0v) is 18.2. The van der Waals surface area contributed by atoms with Gasteiger partial charge < -0.3 is 4.57 Å². The number of nitrogens with zero attached hydrogens (tertiary/aromatic N) is 6. The van der Waals surface area contributed by atoms with Gasteiger partial charge in [0.1, 0.15) is 5.01 Å². The molecule has 152 valence electrons. The summed E-state index contributed by atoms with van der Waals surface area (Å²) in [6, 6.07) is 17.0. The second kappa shape index (κ2) is 7.65. The first-order valence-electron chi connectivity index (χ1n) is 10.3. The first kappa shape index (κ1) is 18.9. The van der Waals surface area contributed by atoms with Crippen molar-refractivity contribution < 1.29 is 0 Å². The molecule has 1 atom stereocenters. The Morgan fingerprint density at radius 3 is 2.57 bits per heavy atom. The van der Waals surface area contributed by atoms with E-state index in [1.807, 2.05) is 29.0 Å². The number of imidazole rings is 1. The number of hydrogen-bond acceptors (Lipinski definition) is 5. The third-order valence-corrected chi connectivity index (χ3v) is 6.49. The summed E-state index contributed by atoms with van der Waals surface area (Å²) in [6.45, 7) is 7.29. The van der Waals surface area contributed by atoms with Crippen LogP contribution < -0.4 is 0 Å². The smallest absolute Gasteiger partial charge is 0.234 e. The van der Waals surface area contributed by atoms with Crippen molar-refractivity contribution in [1.82, 2.24) is 29.4 Å². The van der Waals surface area contributed by atoms with Gasteiger partial charge in [0.05, 0.1) is 23.9 Å². The Morgan fingerprint density at radius 1 is 0.967 bits per heavy atom. The lowest BCUT2D eigenvalue weighted by Gasteiger charge is -2.10. The molecule has 0 saturated carbocycles. The molecule has 5 aromatic rings. The Morgan fingerprint density at radius 2 is 1.77 bits per heavy atom. The van der Waals surface area contributed by atoms with E-state index < -0.39 is 0 Å². The molecule has 0 radical (unpaired) electrons. The standard InChI is InChI=1S/C23H24N6S/c1-15(2)12-17-8-10-18(11-9-17)16(3)22-27-29-21(25-26-23(29)30-22)13-28-14-24-19-6-4-5-7-20(19)28/h4-11,14-16H,12-13H2,1-3H3/t16-/m0/s1. The van der Waals surface area contributed by atoms with Crippen molar-refractivity contribution in [3.8, 4) is 0 Å². The monoisotopic (exact) mass is 416 g/mol. The van der Waals surface area contributed by atoms with Crippen LogP contribution in [0.5, 0.6) is 0 Å². The van der Waals surface area contributed by atoms with Gasteiger partial charge in [-0.3, -0.25) is 0 Å². The molecule has 2 aromatic carbocycles. The molecule has 30 heavy (non-hydrogen) atoms. The fourth-order valence-electron chi connectivity index (χ4n) is 3.79. The summed E-state index contributed by atoms with van der Waals surface area (Å²) >= 11 is 1.61. The van der Waals surface area contributed by atoms with Crippen molar-refractivity contribution in [2.24, 2.45) is 5.92 Å². The molecule has 0 fully saturated rings.